The highest BCUT2D eigenvalue weighted by molar-refractivity contribution is 5.86. The van der Waals surface area contributed by atoms with Gasteiger partial charge >= 0.3 is 6.03 Å². The largest absolute Gasteiger partial charge is 0.386 e. The highest BCUT2D eigenvalue weighted by atomic mass is 16.2. The number of urea groups is 1. The van der Waals surface area contributed by atoms with E-state index in [2.05, 4.69) is 10.2 Å². The van der Waals surface area contributed by atoms with Gasteiger partial charge < -0.3 is 16.0 Å². The number of carbonyl (C=O) groups excluding carboxylic acids is 1. The Balaban J connectivity index is 1.80. The lowest BCUT2D eigenvalue weighted by molar-refractivity contribution is 0.0951. The summed E-state index contributed by atoms with van der Waals surface area (Å²) in [5, 5.41) is 10.8. The van der Waals surface area contributed by atoms with Crippen LogP contribution in [0, 0.1) is 5.41 Å². The van der Waals surface area contributed by atoms with Gasteiger partial charge in [-0.15, -0.1) is 0 Å². The maximum atomic E-state index is 12.3. The number of carbonyl (C=O) groups is 1. The second-order valence-corrected chi connectivity index (χ2v) is 6.73. The normalized spacial score (nSPS) is 22.1. The number of nitrogens with one attached hydrogen (secondary N) is 2. The van der Waals surface area contributed by atoms with Gasteiger partial charge in [0.05, 0.1) is 5.54 Å². The molecule has 4 N–H and O–H groups in total. The predicted molar refractivity (Wildman–Crippen MR) is 84.5 cm³/mol. The number of hydrogen-bond donors (Lipinski definition) is 3. The van der Waals surface area contributed by atoms with Gasteiger partial charge in [-0.1, -0.05) is 19.3 Å². The summed E-state index contributed by atoms with van der Waals surface area (Å²) in [4.78, 5) is 16.4. The van der Waals surface area contributed by atoms with Crippen LogP contribution >= 0.6 is 0 Å². The molecule has 0 radical (unpaired) electrons. The zero-order chi connectivity index (χ0) is 15.5. The first kappa shape index (κ1) is 16.1. The van der Waals surface area contributed by atoms with E-state index in [0.29, 0.717) is 19.1 Å². The number of hydrogen-bond acceptors (Lipinski definition) is 3. The molecule has 0 spiro atoms. The van der Waals surface area contributed by atoms with Crippen LogP contribution < -0.4 is 11.1 Å². The summed E-state index contributed by atoms with van der Waals surface area (Å²) in [7, 11) is 0. The van der Waals surface area contributed by atoms with Crippen LogP contribution in [0.5, 0.6) is 0 Å². The van der Waals surface area contributed by atoms with Crippen molar-refractivity contribution in [2.45, 2.75) is 57.5 Å². The molecule has 2 fully saturated rings. The molecule has 120 valence electrons. The Morgan fingerprint density at radius 1 is 1.14 bits per heavy atom. The quantitative estimate of drug-likeness (QED) is 0.543. The lowest BCUT2D eigenvalue weighted by Gasteiger charge is -2.43. The van der Waals surface area contributed by atoms with Crippen molar-refractivity contribution < 1.29 is 4.79 Å². The molecule has 21 heavy (non-hydrogen) atoms. The Hall–Kier alpha value is -1.30. The van der Waals surface area contributed by atoms with Crippen molar-refractivity contribution in [3.05, 3.63) is 0 Å². The van der Waals surface area contributed by atoms with Crippen LogP contribution in [0.4, 0.5) is 4.79 Å². The molecule has 0 unspecified atom stereocenters. The molecule has 1 heterocycles. The number of amidine groups is 1. The second kappa shape index (κ2) is 6.64. The molecular weight excluding hydrogens is 266 g/mol. The van der Waals surface area contributed by atoms with Gasteiger partial charge in [0.25, 0.3) is 0 Å². The van der Waals surface area contributed by atoms with E-state index in [1.165, 1.54) is 19.3 Å². The molecule has 0 atom stereocenters. The van der Waals surface area contributed by atoms with Gasteiger partial charge in [-0.3, -0.25) is 10.3 Å². The van der Waals surface area contributed by atoms with Crippen molar-refractivity contribution in [2.24, 2.45) is 5.73 Å². The topological polar surface area (TPSA) is 85.5 Å². The summed E-state index contributed by atoms with van der Waals surface area (Å²) in [6, 6.07) is 0.431. The molecule has 0 bridgehead atoms. The van der Waals surface area contributed by atoms with Crippen LogP contribution in [0.3, 0.4) is 0 Å². The van der Waals surface area contributed by atoms with Crippen molar-refractivity contribution >= 4 is 11.9 Å². The Bertz CT molecular complexity index is 382. The molecule has 2 amide bonds. The number of nitrogens with two attached hydrogens (primary N) is 1. The summed E-state index contributed by atoms with van der Waals surface area (Å²) >= 11 is 0. The van der Waals surface area contributed by atoms with Crippen molar-refractivity contribution in [2.75, 3.05) is 26.2 Å². The van der Waals surface area contributed by atoms with Crippen LogP contribution in [0.15, 0.2) is 0 Å². The molecule has 2 rings (SSSR count). The van der Waals surface area contributed by atoms with E-state index >= 15 is 0 Å². The van der Waals surface area contributed by atoms with Crippen LogP contribution in [0.2, 0.25) is 0 Å². The van der Waals surface area contributed by atoms with E-state index in [0.717, 1.165) is 25.9 Å². The predicted octanol–water partition coefficient (Wildman–Crippen LogP) is 1.36. The Labute approximate surface area is 127 Å². The SMILES string of the molecule is CC(C)(C(=N)N)N1CCN(C(=O)NC2CCCCC2)CC1. The third-order valence-electron chi connectivity index (χ3n) is 4.95. The van der Waals surface area contributed by atoms with Crippen LogP contribution in [0.25, 0.3) is 0 Å². The zero-order valence-electron chi connectivity index (χ0n) is 13.3. The van der Waals surface area contributed by atoms with Crippen molar-refractivity contribution in [3.8, 4) is 0 Å². The standard InChI is InChI=1S/C15H29N5O/c1-15(2,13(16)17)20-10-8-19(9-11-20)14(21)18-12-6-4-3-5-7-12/h12H,3-11H2,1-2H3,(H3,16,17)(H,18,21). The molecule has 0 aromatic rings. The number of piperazine rings is 1. The highest BCUT2D eigenvalue weighted by Gasteiger charge is 2.33. The molecular formula is C15H29N5O. The molecule has 2 aliphatic rings. The van der Waals surface area contributed by atoms with Gasteiger partial charge in [0.1, 0.15) is 5.84 Å². The fourth-order valence-electron chi connectivity index (χ4n) is 3.15. The third kappa shape index (κ3) is 3.87. The Morgan fingerprint density at radius 2 is 1.71 bits per heavy atom. The molecule has 1 saturated carbocycles. The van der Waals surface area contributed by atoms with E-state index in [4.69, 9.17) is 11.1 Å². The van der Waals surface area contributed by atoms with Crippen LogP contribution in [-0.4, -0.2) is 59.4 Å². The first-order valence-electron chi connectivity index (χ1n) is 8.06. The maximum absolute atomic E-state index is 12.3. The molecule has 1 aliphatic carbocycles. The number of nitrogens with zero attached hydrogens (tertiary/aromatic N) is 2. The fourth-order valence-corrected chi connectivity index (χ4v) is 3.15. The summed E-state index contributed by atoms with van der Waals surface area (Å²) in [6.07, 6.45) is 5.98. The van der Waals surface area contributed by atoms with E-state index in [1.807, 2.05) is 18.7 Å². The highest BCUT2D eigenvalue weighted by Crippen LogP contribution is 2.19. The molecule has 0 aromatic carbocycles. The first-order valence-corrected chi connectivity index (χ1v) is 8.06. The average Bonchev–Trinajstić information content (AvgIpc) is 2.48. The molecule has 6 heteroatoms. The minimum absolute atomic E-state index is 0.0715. The molecule has 6 nitrogen and oxygen atoms in total. The van der Waals surface area contributed by atoms with Crippen molar-refractivity contribution in [3.63, 3.8) is 0 Å². The van der Waals surface area contributed by atoms with Crippen molar-refractivity contribution in [1.29, 1.82) is 5.41 Å². The lowest BCUT2D eigenvalue weighted by atomic mass is 9.96. The Morgan fingerprint density at radius 3 is 2.24 bits per heavy atom. The number of amides is 2. The van der Waals surface area contributed by atoms with Gasteiger partial charge in [0.15, 0.2) is 0 Å². The second-order valence-electron chi connectivity index (χ2n) is 6.73. The van der Waals surface area contributed by atoms with Gasteiger partial charge in [-0.05, 0) is 26.7 Å². The van der Waals surface area contributed by atoms with Crippen molar-refractivity contribution in [1.82, 2.24) is 15.1 Å². The van der Waals surface area contributed by atoms with E-state index in [-0.39, 0.29) is 11.9 Å². The molecule has 1 saturated heterocycles. The number of rotatable bonds is 3. The summed E-state index contributed by atoms with van der Waals surface area (Å²) in [5.41, 5.74) is 5.24. The van der Waals surface area contributed by atoms with Gasteiger partial charge in [-0.25, -0.2) is 4.79 Å². The summed E-state index contributed by atoms with van der Waals surface area (Å²) in [6.45, 7) is 6.88. The Kier molecular flexibility index (Phi) is 5.08. The average molecular weight is 295 g/mol. The van der Waals surface area contributed by atoms with Crippen LogP contribution in [-0.2, 0) is 0 Å². The minimum Gasteiger partial charge on any atom is -0.386 e. The first-order chi connectivity index (χ1) is 9.91. The van der Waals surface area contributed by atoms with Crippen LogP contribution in [0.1, 0.15) is 46.0 Å². The summed E-state index contributed by atoms with van der Waals surface area (Å²) in [5.74, 6) is 0.183. The lowest BCUT2D eigenvalue weighted by Crippen LogP contribution is -2.61. The molecule has 0 aromatic heterocycles. The minimum atomic E-state index is -0.425. The van der Waals surface area contributed by atoms with Gasteiger partial charge in [0.2, 0.25) is 0 Å². The third-order valence-corrected chi connectivity index (χ3v) is 4.95. The molecule has 1 aliphatic heterocycles. The fraction of sp³-hybridized carbons (Fsp3) is 0.867. The van der Waals surface area contributed by atoms with E-state index < -0.39 is 5.54 Å². The van der Waals surface area contributed by atoms with E-state index in [1.54, 1.807) is 0 Å². The zero-order valence-corrected chi connectivity index (χ0v) is 13.3. The smallest absolute Gasteiger partial charge is 0.317 e. The monoisotopic (exact) mass is 295 g/mol. The maximum Gasteiger partial charge on any atom is 0.317 e. The van der Waals surface area contributed by atoms with Gasteiger partial charge in [0, 0.05) is 32.2 Å². The summed E-state index contributed by atoms with van der Waals surface area (Å²) < 4.78 is 0. The van der Waals surface area contributed by atoms with Gasteiger partial charge in [-0.2, -0.15) is 0 Å². The van der Waals surface area contributed by atoms with E-state index in [9.17, 15) is 4.79 Å².